The number of rotatable bonds is 7. The van der Waals surface area contributed by atoms with Crippen molar-refractivity contribution in [2.75, 3.05) is 19.6 Å². The molecular formula is C20H27BrIN3O2. The van der Waals surface area contributed by atoms with E-state index in [2.05, 4.69) is 55.8 Å². The highest BCUT2D eigenvalue weighted by Crippen LogP contribution is 2.48. The quantitative estimate of drug-likeness (QED) is 0.277. The first-order valence-electron chi connectivity index (χ1n) is 9.00. The lowest BCUT2D eigenvalue weighted by molar-refractivity contribution is 0.0437. The van der Waals surface area contributed by atoms with Gasteiger partial charge in [0.2, 0.25) is 0 Å². The Balaban J connectivity index is 0.00000261. The molecule has 1 unspecified atom stereocenters. The fraction of sp³-hybridized carbons (Fsp3) is 0.450. The van der Waals surface area contributed by atoms with Gasteiger partial charge in [-0.05, 0) is 56.5 Å². The van der Waals surface area contributed by atoms with Crippen molar-refractivity contribution in [2.45, 2.75) is 37.7 Å². The number of aliphatic hydroxyl groups is 1. The van der Waals surface area contributed by atoms with Crippen LogP contribution in [0.3, 0.4) is 0 Å². The van der Waals surface area contributed by atoms with E-state index in [1.165, 1.54) is 18.4 Å². The predicted molar refractivity (Wildman–Crippen MR) is 123 cm³/mol. The van der Waals surface area contributed by atoms with Crippen molar-refractivity contribution in [1.29, 1.82) is 0 Å². The molecule has 0 amide bonds. The van der Waals surface area contributed by atoms with Crippen LogP contribution in [0.1, 0.15) is 38.0 Å². The third-order valence-electron chi connectivity index (χ3n) is 4.83. The summed E-state index contributed by atoms with van der Waals surface area (Å²) in [6.45, 7) is 5.54. The summed E-state index contributed by atoms with van der Waals surface area (Å²) in [6.07, 6.45) is 3.89. The molecule has 3 rings (SSSR count). The molecule has 1 aliphatic carbocycles. The van der Waals surface area contributed by atoms with Crippen molar-refractivity contribution < 1.29 is 9.52 Å². The molecule has 1 heterocycles. The summed E-state index contributed by atoms with van der Waals surface area (Å²) < 4.78 is 6.43. The van der Waals surface area contributed by atoms with Gasteiger partial charge in [0, 0.05) is 23.0 Å². The Morgan fingerprint density at radius 1 is 1.30 bits per heavy atom. The van der Waals surface area contributed by atoms with E-state index in [0.717, 1.165) is 17.6 Å². The SMILES string of the molecule is CCNC(=NCC(C)(O)c1ccco1)NCC1(c2cccc(Br)c2)CC1.I. The second-order valence-electron chi connectivity index (χ2n) is 7.09. The molecule has 3 N–H and O–H groups in total. The molecule has 2 aromatic rings. The van der Waals surface area contributed by atoms with Gasteiger partial charge in [0.05, 0.1) is 12.8 Å². The zero-order valence-electron chi connectivity index (χ0n) is 15.7. The maximum absolute atomic E-state index is 10.6. The molecule has 0 bridgehead atoms. The van der Waals surface area contributed by atoms with Crippen LogP contribution in [0.25, 0.3) is 0 Å². The second-order valence-corrected chi connectivity index (χ2v) is 8.01. The van der Waals surface area contributed by atoms with Gasteiger partial charge in [-0.2, -0.15) is 0 Å². The normalized spacial score (nSPS) is 17.6. The molecule has 1 aliphatic rings. The van der Waals surface area contributed by atoms with E-state index in [-0.39, 0.29) is 35.9 Å². The topological polar surface area (TPSA) is 69.8 Å². The standard InChI is InChI=1S/C20H26BrN3O2.HI/c1-3-22-18(23-13-19(2,25)17-8-5-11-26-17)24-14-20(9-10-20)15-6-4-7-16(21)12-15;/h4-8,11-12,25H,3,9-10,13-14H2,1-2H3,(H2,22,23,24);1H. The van der Waals surface area contributed by atoms with Gasteiger partial charge in [-0.3, -0.25) is 0 Å². The lowest BCUT2D eigenvalue weighted by Crippen LogP contribution is -2.42. The van der Waals surface area contributed by atoms with Crippen molar-refractivity contribution in [2.24, 2.45) is 4.99 Å². The van der Waals surface area contributed by atoms with Crippen LogP contribution in [0.5, 0.6) is 0 Å². The highest BCUT2D eigenvalue weighted by Gasteiger charge is 2.44. The van der Waals surface area contributed by atoms with Crippen LogP contribution in [0.4, 0.5) is 0 Å². The number of nitrogens with one attached hydrogen (secondary N) is 2. The van der Waals surface area contributed by atoms with Crippen LogP contribution < -0.4 is 10.6 Å². The molecule has 0 aliphatic heterocycles. The van der Waals surface area contributed by atoms with Crippen molar-refractivity contribution in [3.8, 4) is 0 Å². The Morgan fingerprint density at radius 3 is 2.67 bits per heavy atom. The fourth-order valence-electron chi connectivity index (χ4n) is 3.03. The number of guanidine groups is 1. The van der Waals surface area contributed by atoms with Crippen LogP contribution in [0, 0.1) is 0 Å². The Kier molecular flexibility index (Phi) is 7.76. The number of halogens is 2. The van der Waals surface area contributed by atoms with E-state index in [1.54, 1.807) is 25.3 Å². The molecule has 27 heavy (non-hydrogen) atoms. The molecule has 1 aromatic heterocycles. The first-order valence-corrected chi connectivity index (χ1v) is 9.79. The average Bonchev–Trinajstić information content (AvgIpc) is 3.19. The smallest absolute Gasteiger partial charge is 0.191 e. The zero-order valence-corrected chi connectivity index (χ0v) is 19.6. The first-order chi connectivity index (χ1) is 12.5. The van der Waals surface area contributed by atoms with Gasteiger partial charge >= 0.3 is 0 Å². The van der Waals surface area contributed by atoms with E-state index in [0.29, 0.717) is 11.7 Å². The number of aliphatic imine (C=N–C) groups is 1. The molecular weight excluding hydrogens is 521 g/mol. The summed E-state index contributed by atoms with van der Waals surface area (Å²) in [5.74, 6) is 1.23. The van der Waals surface area contributed by atoms with E-state index in [4.69, 9.17) is 4.42 Å². The number of benzene rings is 1. The van der Waals surface area contributed by atoms with Crippen molar-refractivity contribution in [1.82, 2.24) is 10.6 Å². The summed E-state index contributed by atoms with van der Waals surface area (Å²) in [5, 5.41) is 17.3. The third kappa shape index (κ3) is 5.71. The lowest BCUT2D eigenvalue weighted by Gasteiger charge is -2.21. The van der Waals surface area contributed by atoms with Crippen molar-refractivity contribution >= 4 is 45.9 Å². The minimum Gasteiger partial charge on any atom is -0.466 e. The molecule has 0 spiro atoms. The van der Waals surface area contributed by atoms with Gasteiger partial charge in [-0.15, -0.1) is 24.0 Å². The number of hydrogen-bond donors (Lipinski definition) is 3. The van der Waals surface area contributed by atoms with Crippen molar-refractivity contribution in [3.63, 3.8) is 0 Å². The monoisotopic (exact) mass is 547 g/mol. The molecule has 1 saturated carbocycles. The van der Waals surface area contributed by atoms with Crippen LogP contribution in [-0.4, -0.2) is 30.7 Å². The van der Waals surface area contributed by atoms with Gasteiger partial charge in [0.1, 0.15) is 11.4 Å². The van der Waals surface area contributed by atoms with Gasteiger partial charge < -0.3 is 20.2 Å². The van der Waals surface area contributed by atoms with Crippen LogP contribution in [0.15, 0.2) is 56.5 Å². The van der Waals surface area contributed by atoms with Crippen molar-refractivity contribution in [3.05, 3.63) is 58.5 Å². The Bertz CT molecular complexity index is 758. The fourth-order valence-corrected chi connectivity index (χ4v) is 3.43. The lowest BCUT2D eigenvalue weighted by atomic mass is 9.96. The van der Waals surface area contributed by atoms with Crippen LogP contribution in [0.2, 0.25) is 0 Å². The van der Waals surface area contributed by atoms with E-state index in [9.17, 15) is 5.11 Å². The zero-order chi connectivity index (χ0) is 18.6. The molecule has 148 valence electrons. The average molecular weight is 548 g/mol. The second kappa shape index (κ2) is 9.43. The number of furan rings is 1. The minimum absolute atomic E-state index is 0. The number of hydrogen-bond acceptors (Lipinski definition) is 3. The molecule has 7 heteroatoms. The minimum atomic E-state index is -1.13. The van der Waals surface area contributed by atoms with Gasteiger partial charge in [0.15, 0.2) is 5.96 Å². The van der Waals surface area contributed by atoms with E-state index < -0.39 is 5.60 Å². The van der Waals surface area contributed by atoms with Crippen LogP contribution in [-0.2, 0) is 11.0 Å². The van der Waals surface area contributed by atoms with E-state index >= 15 is 0 Å². The van der Waals surface area contributed by atoms with E-state index in [1.807, 2.05) is 6.92 Å². The molecule has 1 atom stereocenters. The predicted octanol–water partition coefficient (Wildman–Crippen LogP) is 4.15. The van der Waals surface area contributed by atoms with Crippen LogP contribution >= 0.6 is 39.9 Å². The molecule has 0 saturated heterocycles. The molecule has 1 fully saturated rings. The highest BCUT2D eigenvalue weighted by atomic mass is 127. The first kappa shape index (κ1) is 22.2. The summed E-state index contributed by atoms with van der Waals surface area (Å²) >= 11 is 3.56. The summed E-state index contributed by atoms with van der Waals surface area (Å²) in [7, 11) is 0. The largest absolute Gasteiger partial charge is 0.466 e. The summed E-state index contributed by atoms with van der Waals surface area (Å²) in [6, 6.07) is 12.0. The third-order valence-corrected chi connectivity index (χ3v) is 5.32. The maximum atomic E-state index is 10.6. The summed E-state index contributed by atoms with van der Waals surface area (Å²) in [4.78, 5) is 4.56. The summed E-state index contributed by atoms with van der Waals surface area (Å²) in [5.41, 5.74) is 0.384. The molecule has 0 radical (unpaired) electrons. The highest BCUT2D eigenvalue weighted by molar-refractivity contribution is 14.0. The maximum Gasteiger partial charge on any atom is 0.191 e. The van der Waals surface area contributed by atoms with Gasteiger partial charge in [-0.25, -0.2) is 4.99 Å². The molecule has 1 aromatic carbocycles. The number of nitrogens with zero attached hydrogens (tertiary/aromatic N) is 1. The Morgan fingerprint density at radius 2 is 2.07 bits per heavy atom. The van der Waals surface area contributed by atoms with Gasteiger partial charge in [-0.1, -0.05) is 28.1 Å². The Labute approximate surface area is 186 Å². The Hall–Kier alpha value is -1.06. The van der Waals surface area contributed by atoms with Gasteiger partial charge in [0.25, 0.3) is 0 Å². The molecule has 5 nitrogen and oxygen atoms in total.